The van der Waals surface area contributed by atoms with E-state index in [4.69, 9.17) is 5.73 Å². The standard InChI is InChI=1S/C12H18F3N3/c1-2-5-18(9-12(13,14)15)8-10-3-4-17-11(6-10)7-16/h3-4,6H,2,5,7-9,16H2,1H3. The van der Waals surface area contributed by atoms with Crippen molar-refractivity contribution in [3.8, 4) is 0 Å². The highest BCUT2D eigenvalue weighted by Crippen LogP contribution is 2.18. The summed E-state index contributed by atoms with van der Waals surface area (Å²) in [7, 11) is 0. The topological polar surface area (TPSA) is 42.2 Å². The summed E-state index contributed by atoms with van der Waals surface area (Å²) in [6, 6.07) is 3.47. The van der Waals surface area contributed by atoms with E-state index in [1.54, 1.807) is 18.3 Å². The molecule has 0 bridgehead atoms. The van der Waals surface area contributed by atoms with Crippen LogP contribution in [-0.4, -0.2) is 29.1 Å². The zero-order valence-corrected chi connectivity index (χ0v) is 10.4. The lowest BCUT2D eigenvalue weighted by Gasteiger charge is -2.23. The number of rotatable bonds is 6. The van der Waals surface area contributed by atoms with Gasteiger partial charge in [0.15, 0.2) is 0 Å². The molecule has 0 aliphatic carbocycles. The van der Waals surface area contributed by atoms with Gasteiger partial charge in [-0.3, -0.25) is 9.88 Å². The van der Waals surface area contributed by atoms with Crippen molar-refractivity contribution < 1.29 is 13.2 Å². The Balaban J connectivity index is 2.69. The van der Waals surface area contributed by atoms with Crippen LogP contribution in [0.5, 0.6) is 0 Å². The Morgan fingerprint density at radius 1 is 1.39 bits per heavy atom. The molecule has 0 radical (unpaired) electrons. The molecule has 0 fully saturated rings. The molecule has 0 aromatic carbocycles. The van der Waals surface area contributed by atoms with Gasteiger partial charge in [0.2, 0.25) is 0 Å². The van der Waals surface area contributed by atoms with Crippen molar-refractivity contribution >= 4 is 0 Å². The van der Waals surface area contributed by atoms with E-state index in [1.165, 1.54) is 4.90 Å². The highest BCUT2D eigenvalue weighted by atomic mass is 19.4. The number of pyridine rings is 1. The van der Waals surface area contributed by atoms with Gasteiger partial charge >= 0.3 is 6.18 Å². The number of alkyl halides is 3. The molecule has 18 heavy (non-hydrogen) atoms. The molecule has 1 aromatic heterocycles. The van der Waals surface area contributed by atoms with Gasteiger partial charge in [-0.15, -0.1) is 0 Å². The van der Waals surface area contributed by atoms with E-state index in [0.717, 1.165) is 5.56 Å². The van der Waals surface area contributed by atoms with Gasteiger partial charge in [-0.1, -0.05) is 6.92 Å². The largest absolute Gasteiger partial charge is 0.401 e. The van der Waals surface area contributed by atoms with Gasteiger partial charge in [-0.25, -0.2) is 0 Å². The molecular weight excluding hydrogens is 243 g/mol. The van der Waals surface area contributed by atoms with Crippen molar-refractivity contribution in [1.82, 2.24) is 9.88 Å². The minimum atomic E-state index is -4.17. The molecule has 0 saturated heterocycles. The molecule has 6 heteroatoms. The summed E-state index contributed by atoms with van der Waals surface area (Å²) >= 11 is 0. The third-order valence-corrected chi connectivity index (χ3v) is 2.44. The molecular formula is C12H18F3N3. The fourth-order valence-electron chi connectivity index (χ4n) is 1.78. The molecule has 0 aliphatic heterocycles. The summed E-state index contributed by atoms with van der Waals surface area (Å²) in [4.78, 5) is 5.40. The Morgan fingerprint density at radius 2 is 2.11 bits per heavy atom. The number of nitrogens with two attached hydrogens (primary N) is 1. The van der Waals surface area contributed by atoms with Crippen LogP contribution in [0, 0.1) is 0 Å². The van der Waals surface area contributed by atoms with Crippen molar-refractivity contribution in [2.45, 2.75) is 32.6 Å². The van der Waals surface area contributed by atoms with Crippen molar-refractivity contribution in [3.63, 3.8) is 0 Å². The lowest BCUT2D eigenvalue weighted by atomic mass is 10.2. The predicted molar refractivity (Wildman–Crippen MR) is 63.8 cm³/mol. The molecule has 1 aromatic rings. The van der Waals surface area contributed by atoms with Crippen LogP contribution >= 0.6 is 0 Å². The summed E-state index contributed by atoms with van der Waals surface area (Å²) in [6.07, 6.45) is -1.90. The first-order chi connectivity index (χ1) is 8.44. The van der Waals surface area contributed by atoms with Gasteiger partial charge < -0.3 is 5.73 Å². The second kappa shape index (κ2) is 6.70. The minimum Gasteiger partial charge on any atom is -0.325 e. The molecule has 3 nitrogen and oxygen atoms in total. The normalized spacial score (nSPS) is 12.1. The Labute approximate surface area is 105 Å². The highest BCUT2D eigenvalue weighted by molar-refractivity contribution is 5.16. The first-order valence-corrected chi connectivity index (χ1v) is 5.87. The molecule has 0 saturated carbocycles. The summed E-state index contributed by atoms with van der Waals surface area (Å²) in [6.45, 7) is 1.95. The van der Waals surface area contributed by atoms with E-state index in [1.807, 2.05) is 6.92 Å². The third kappa shape index (κ3) is 5.46. The molecule has 0 amide bonds. The van der Waals surface area contributed by atoms with Crippen LogP contribution in [0.1, 0.15) is 24.6 Å². The average molecular weight is 261 g/mol. The Morgan fingerprint density at radius 3 is 2.67 bits per heavy atom. The van der Waals surface area contributed by atoms with Crippen LogP contribution in [-0.2, 0) is 13.1 Å². The van der Waals surface area contributed by atoms with E-state index >= 15 is 0 Å². The fraction of sp³-hybridized carbons (Fsp3) is 0.583. The highest BCUT2D eigenvalue weighted by Gasteiger charge is 2.30. The van der Waals surface area contributed by atoms with Gasteiger partial charge in [0, 0.05) is 19.3 Å². The zero-order valence-electron chi connectivity index (χ0n) is 10.4. The van der Waals surface area contributed by atoms with Crippen molar-refractivity contribution in [1.29, 1.82) is 0 Å². The van der Waals surface area contributed by atoms with Gasteiger partial charge in [0.25, 0.3) is 0 Å². The zero-order chi connectivity index (χ0) is 13.6. The Bertz CT molecular complexity index is 366. The monoisotopic (exact) mass is 261 g/mol. The lowest BCUT2D eigenvalue weighted by Crippen LogP contribution is -2.34. The summed E-state index contributed by atoms with van der Waals surface area (Å²) in [5, 5.41) is 0. The summed E-state index contributed by atoms with van der Waals surface area (Å²) < 4.78 is 37.2. The molecule has 0 spiro atoms. The quantitative estimate of drug-likeness (QED) is 0.854. The van der Waals surface area contributed by atoms with Gasteiger partial charge in [0.1, 0.15) is 0 Å². The number of aromatic nitrogens is 1. The van der Waals surface area contributed by atoms with E-state index < -0.39 is 12.7 Å². The smallest absolute Gasteiger partial charge is 0.325 e. The van der Waals surface area contributed by atoms with Crippen LogP contribution in [0.3, 0.4) is 0 Å². The molecule has 0 unspecified atom stereocenters. The van der Waals surface area contributed by atoms with E-state index in [0.29, 0.717) is 25.2 Å². The van der Waals surface area contributed by atoms with Crippen molar-refractivity contribution in [3.05, 3.63) is 29.6 Å². The van der Waals surface area contributed by atoms with Crippen LogP contribution in [0.2, 0.25) is 0 Å². The van der Waals surface area contributed by atoms with E-state index in [-0.39, 0.29) is 6.54 Å². The lowest BCUT2D eigenvalue weighted by molar-refractivity contribution is -0.147. The van der Waals surface area contributed by atoms with Crippen molar-refractivity contribution in [2.24, 2.45) is 5.73 Å². The Hall–Kier alpha value is -1.14. The molecule has 102 valence electrons. The molecule has 0 atom stereocenters. The second-order valence-electron chi connectivity index (χ2n) is 4.19. The number of hydrogen-bond acceptors (Lipinski definition) is 3. The van der Waals surface area contributed by atoms with E-state index in [9.17, 15) is 13.2 Å². The summed E-state index contributed by atoms with van der Waals surface area (Å²) in [5.74, 6) is 0. The second-order valence-corrected chi connectivity index (χ2v) is 4.19. The maximum Gasteiger partial charge on any atom is 0.401 e. The Kier molecular flexibility index (Phi) is 5.55. The molecule has 2 N–H and O–H groups in total. The average Bonchev–Trinajstić information content (AvgIpc) is 2.27. The van der Waals surface area contributed by atoms with Crippen LogP contribution in [0.4, 0.5) is 13.2 Å². The molecule has 1 rings (SSSR count). The number of halogens is 3. The summed E-state index contributed by atoms with van der Waals surface area (Å²) in [5.41, 5.74) is 6.95. The van der Waals surface area contributed by atoms with E-state index in [2.05, 4.69) is 4.98 Å². The number of hydrogen-bond donors (Lipinski definition) is 1. The van der Waals surface area contributed by atoms with Gasteiger partial charge in [-0.2, -0.15) is 13.2 Å². The molecule has 1 heterocycles. The van der Waals surface area contributed by atoms with Crippen molar-refractivity contribution in [2.75, 3.05) is 13.1 Å². The first-order valence-electron chi connectivity index (χ1n) is 5.87. The van der Waals surface area contributed by atoms with Crippen LogP contribution in [0.15, 0.2) is 18.3 Å². The minimum absolute atomic E-state index is 0.267. The van der Waals surface area contributed by atoms with Gasteiger partial charge in [-0.05, 0) is 30.7 Å². The van der Waals surface area contributed by atoms with Crippen LogP contribution in [0.25, 0.3) is 0 Å². The maximum absolute atomic E-state index is 12.4. The first kappa shape index (κ1) is 14.9. The third-order valence-electron chi connectivity index (χ3n) is 2.44. The van der Waals surface area contributed by atoms with Crippen LogP contribution < -0.4 is 5.73 Å². The SMILES string of the molecule is CCCN(Cc1ccnc(CN)c1)CC(F)(F)F. The maximum atomic E-state index is 12.4. The predicted octanol–water partition coefficient (Wildman–Crippen LogP) is 2.31. The van der Waals surface area contributed by atoms with Gasteiger partial charge in [0.05, 0.1) is 12.2 Å². The molecule has 0 aliphatic rings. The number of nitrogens with zero attached hydrogens (tertiary/aromatic N) is 2. The fourth-order valence-corrected chi connectivity index (χ4v) is 1.78.